The third-order valence-electron chi connectivity index (χ3n) is 7.64. The number of hydrogen-bond donors (Lipinski definition) is 2. The van der Waals surface area contributed by atoms with Crippen LogP contribution in [0.25, 0.3) is 55.6 Å². The Balaban J connectivity index is 1.19. The molecule has 0 spiro atoms. The van der Waals surface area contributed by atoms with Crippen LogP contribution >= 0.6 is 11.6 Å². The first-order valence-electron chi connectivity index (χ1n) is 14.3. The van der Waals surface area contributed by atoms with Crippen LogP contribution in [0.2, 0.25) is 5.02 Å². The summed E-state index contributed by atoms with van der Waals surface area (Å²) in [6.45, 7) is 0.0600. The van der Waals surface area contributed by atoms with E-state index in [0.29, 0.717) is 32.9 Å². The Labute approximate surface area is 274 Å². The van der Waals surface area contributed by atoms with Gasteiger partial charge in [0.25, 0.3) is 0 Å². The Kier molecular flexibility index (Phi) is 6.81. The van der Waals surface area contributed by atoms with Crippen molar-refractivity contribution in [2.45, 2.75) is 12.7 Å². The summed E-state index contributed by atoms with van der Waals surface area (Å²) in [7, 11) is 1.50. The molecule has 0 aliphatic rings. The van der Waals surface area contributed by atoms with Crippen molar-refractivity contribution in [1.29, 1.82) is 0 Å². The number of anilines is 2. The summed E-state index contributed by atoms with van der Waals surface area (Å²) in [4.78, 5) is 51.0. The number of furan rings is 2. The minimum Gasteiger partial charge on any atom is -0.450 e. The maximum atomic E-state index is 13.5. The molecular formula is C31H18ClF3N10O4. The Morgan fingerprint density at radius 2 is 1.51 bits per heavy atom. The molecule has 1 aromatic carbocycles. The molecule has 49 heavy (non-hydrogen) atoms. The molecule has 8 rings (SSSR count). The second kappa shape index (κ2) is 11.1. The zero-order valence-corrected chi connectivity index (χ0v) is 25.5. The first kappa shape index (κ1) is 30.0. The van der Waals surface area contributed by atoms with E-state index in [1.54, 1.807) is 24.3 Å². The number of rotatable bonds is 6. The summed E-state index contributed by atoms with van der Waals surface area (Å²) in [5, 5.41) is 6.82. The Morgan fingerprint density at radius 3 is 2.22 bits per heavy atom. The first-order chi connectivity index (χ1) is 23.6. The lowest BCUT2D eigenvalue weighted by molar-refractivity contribution is -0.140. The number of alkyl halides is 3. The van der Waals surface area contributed by atoms with Crippen molar-refractivity contribution in [2.24, 2.45) is 0 Å². The second-order valence-corrected chi connectivity index (χ2v) is 11.0. The fourth-order valence-electron chi connectivity index (χ4n) is 5.52. The molecule has 0 aliphatic carbocycles. The zero-order chi connectivity index (χ0) is 34.0. The van der Waals surface area contributed by atoms with E-state index in [-0.39, 0.29) is 51.7 Å². The summed E-state index contributed by atoms with van der Waals surface area (Å²) in [5.41, 5.74) is -0.568. The third-order valence-corrected chi connectivity index (χ3v) is 7.88. The Hall–Kier alpha value is -6.36. The molecule has 0 radical (unpaired) electrons. The van der Waals surface area contributed by atoms with Gasteiger partial charge in [-0.05, 0) is 42.5 Å². The van der Waals surface area contributed by atoms with Gasteiger partial charge in [0.15, 0.2) is 28.4 Å². The highest BCUT2D eigenvalue weighted by atomic mass is 35.5. The van der Waals surface area contributed by atoms with Gasteiger partial charge in [-0.3, -0.25) is 14.1 Å². The minimum atomic E-state index is -4.73. The number of benzene rings is 1. The lowest BCUT2D eigenvalue weighted by atomic mass is 10.2. The number of nitrogens with one attached hydrogen (secondary N) is 2. The van der Waals surface area contributed by atoms with Crippen LogP contribution in [-0.2, 0) is 12.7 Å². The van der Waals surface area contributed by atoms with Gasteiger partial charge in [-0.2, -0.15) is 23.1 Å². The molecule has 0 amide bonds. The van der Waals surface area contributed by atoms with Gasteiger partial charge in [0, 0.05) is 17.5 Å². The molecule has 0 fully saturated rings. The zero-order valence-electron chi connectivity index (χ0n) is 24.8. The molecule has 0 unspecified atom stereocenters. The second-order valence-electron chi connectivity index (χ2n) is 10.6. The quantitative estimate of drug-likeness (QED) is 0.226. The average Bonchev–Trinajstić information content (AvgIpc) is 3.66. The summed E-state index contributed by atoms with van der Waals surface area (Å²) < 4.78 is 54.9. The lowest BCUT2D eigenvalue weighted by Gasteiger charge is -2.11. The van der Waals surface area contributed by atoms with Crippen LogP contribution in [0.1, 0.15) is 11.4 Å². The van der Waals surface area contributed by atoms with Crippen molar-refractivity contribution < 1.29 is 22.0 Å². The summed E-state index contributed by atoms with van der Waals surface area (Å²) in [6.07, 6.45) is 0.898. The van der Waals surface area contributed by atoms with Gasteiger partial charge in [-0.1, -0.05) is 11.6 Å². The van der Waals surface area contributed by atoms with Gasteiger partial charge < -0.3 is 19.5 Å². The van der Waals surface area contributed by atoms with Crippen molar-refractivity contribution in [3.8, 4) is 11.4 Å². The summed E-state index contributed by atoms with van der Waals surface area (Å²) >= 11 is 6.28. The molecule has 0 saturated carbocycles. The van der Waals surface area contributed by atoms with Crippen molar-refractivity contribution in [3.05, 3.63) is 105 Å². The van der Waals surface area contributed by atoms with Gasteiger partial charge in [0.1, 0.15) is 34.2 Å². The van der Waals surface area contributed by atoms with Gasteiger partial charge in [0.2, 0.25) is 0 Å². The molecule has 0 atom stereocenters. The SMILES string of the molecule is CNc1nc(=O)n(-c2ccc(CNc3nc(=O)n(-c4cncnc4)c4c3oc3ccc(Cl)cc34)nc2)c2c1oc1ccc(C(F)(F)F)nc12. The molecule has 7 aromatic heterocycles. The van der Waals surface area contributed by atoms with Gasteiger partial charge in [-0.25, -0.2) is 24.5 Å². The van der Waals surface area contributed by atoms with Crippen LogP contribution in [0.4, 0.5) is 24.8 Å². The van der Waals surface area contributed by atoms with Gasteiger partial charge in [-0.15, -0.1) is 0 Å². The normalized spacial score (nSPS) is 12.0. The number of hydrogen-bond acceptors (Lipinski definition) is 12. The Bertz CT molecular complexity index is 2710. The van der Waals surface area contributed by atoms with Crippen LogP contribution in [-0.4, -0.2) is 46.1 Å². The average molecular weight is 687 g/mol. The van der Waals surface area contributed by atoms with Crippen molar-refractivity contribution >= 4 is 67.5 Å². The lowest BCUT2D eigenvalue weighted by Crippen LogP contribution is -2.23. The number of pyridine rings is 2. The highest BCUT2D eigenvalue weighted by molar-refractivity contribution is 6.31. The minimum absolute atomic E-state index is 0.0147. The number of fused-ring (bicyclic) bond motifs is 6. The molecule has 0 bridgehead atoms. The maximum absolute atomic E-state index is 13.5. The first-order valence-corrected chi connectivity index (χ1v) is 14.7. The van der Waals surface area contributed by atoms with E-state index in [4.69, 9.17) is 20.4 Å². The van der Waals surface area contributed by atoms with E-state index in [0.717, 1.165) is 16.7 Å². The molecule has 7 heterocycles. The topological polar surface area (TPSA) is 172 Å². The predicted octanol–water partition coefficient (Wildman–Crippen LogP) is 5.48. The number of nitrogens with zero attached hydrogens (tertiary/aromatic N) is 8. The van der Waals surface area contributed by atoms with Gasteiger partial charge >= 0.3 is 17.6 Å². The summed E-state index contributed by atoms with van der Waals surface area (Å²) in [6, 6.07) is 10.1. The summed E-state index contributed by atoms with van der Waals surface area (Å²) in [5.74, 6) is 0.164. The number of halogens is 4. The maximum Gasteiger partial charge on any atom is 0.433 e. The molecular weight excluding hydrogens is 669 g/mol. The monoisotopic (exact) mass is 686 g/mol. The molecule has 8 aromatic rings. The predicted molar refractivity (Wildman–Crippen MR) is 172 cm³/mol. The fraction of sp³-hybridized carbons (Fsp3) is 0.0968. The van der Waals surface area contributed by atoms with E-state index >= 15 is 0 Å². The van der Waals surface area contributed by atoms with Crippen LogP contribution < -0.4 is 22.0 Å². The molecule has 18 heteroatoms. The van der Waals surface area contributed by atoms with Crippen LogP contribution in [0.5, 0.6) is 0 Å². The van der Waals surface area contributed by atoms with Crippen molar-refractivity contribution in [2.75, 3.05) is 17.7 Å². The van der Waals surface area contributed by atoms with E-state index in [9.17, 15) is 22.8 Å². The van der Waals surface area contributed by atoms with E-state index < -0.39 is 23.2 Å². The largest absolute Gasteiger partial charge is 0.450 e. The molecule has 244 valence electrons. The van der Waals surface area contributed by atoms with Crippen molar-refractivity contribution in [1.82, 2.24) is 39.0 Å². The highest BCUT2D eigenvalue weighted by Gasteiger charge is 2.33. The molecule has 14 nitrogen and oxygen atoms in total. The Morgan fingerprint density at radius 1 is 0.816 bits per heavy atom. The molecule has 0 aliphatic heterocycles. The van der Waals surface area contributed by atoms with E-state index in [1.807, 2.05) is 0 Å². The van der Waals surface area contributed by atoms with Crippen LogP contribution in [0, 0.1) is 0 Å². The molecule has 2 N–H and O–H groups in total. The van der Waals surface area contributed by atoms with Crippen LogP contribution in [0.15, 0.2) is 85.8 Å². The smallest absolute Gasteiger partial charge is 0.433 e. The third kappa shape index (κ3) is 4.98. The van der Waals surface area contributed by atoms with E-state index in [2.05, 4.69) is 40.5 Å². The van der Waals surface area contributed by atoms with Gasteiger partial charge in [0.05, 0.1) is 42.2 Å². The fourth-order valence-corrected chi connectivity index (χ4v) is 5.69. The van der Waals surface area contributed by atoms with Crippen LogP contribution in [0.3, 0.4) is 0 Å². The van der Waals surface area contributed by atoms with E-state index in [1.165, 1.54) is 42.6 Å². The van der Waals surface area contributed by atoms with Crippen molar-refractivity contribution in [3.63, 3.8) is 0 Å². The standard InChI is InChI=1S/C31H18ClF3N10O4/c1-36-27-26-24(22-20(49-26)6-7-21(41-22)31(33,34)35)44(29(46)42-27)16-4-3-15(39-12-16)9-40-28-25-23(18-8-14(32)2-5-19(18)48-25)45(30(47)43-28)17-10-37-13-38-11-17/h2-8,10-13H,9H2,1H3,(H,36,42,46)(H,40,43,47). The molecule has 0 saturated heterocycles. The highest BCUT2D eigenvalue weighted by Crippen LogP contribution is 2.36. The number of aromatic nitrogens is 8.